The average Bonchev–Trinajstić information content (AvgIpc) is 3.62. The Hall–Kier alpha value is -7.30. The molecule has 0 atom stereocenters. The van der Waals surface area contributed by atoms with Gasteiger partial charge in [-0.3, -0.25) is 60.7 Å². The van der Waals surface area contributed by atoms with Gasteiger partial charge in [-0.25, -0.2) is 0 Å². The topological polar surface area (TPSA) is 444 Å². The number of rotatable bonds is 6. The van der Waals surface area contributed by atoms with E-state index in [2.05, 4.69) is 31.1 Å². The molecule has 31 heteroatoms. The number of aromatic nitrogens is 8. The van der Waals surface area contributed by atoms with Crippen molar-refractivity contribution in [2.24, 2.45) is 0 Å². The van der Waals surface area contributed by atoms with Gasteiger partial charge < -0.3 is 21.9 Å². The molecule has 1 radical (unpaired) electrons. The smallest absolute Gasteiger partial charge is 0.863 e. The molecule has 45 heavy (non-hydrogen) atoms. The molecule has 0 bridgehead atoms. The van der Waals surface area contributed by atoms with Crippen LogP contribution >= 0.6 is 0 Å². The molecule has 0 aliphatic heterocycles. The molecule has 0 saturated heterocycles. The zero-order valence-corrected chi connectivity index (χ0v) is 21.8. The summed E-state index contributed by atoms with van der Waals surface area (Å²) in [4.78, 5) is 57.1. The molecule has 2 aromatic heterocycles. The first-order chi connectivity index (χ1) is 20.5. The van der Waals surface area contributed by atoms with Crippen LogP contribution in [0, 0.1) is 60.7 Å². The minimum Gasteiger partial charge on any atom is -0.863 e. The average molecular weight is 690 g/mol. The first-order valence-electron chi connectivity index (χ1n) is 10.00. The van der Waals surface area contributed by atoms with Crippen LogP contribution in [0.5, 0.6) is 11.5 Å². The third-order valence-corrected chi connectivity index (χ3v) is 4.01. The fourth-order valence-corrected chi connectivity index (χ4v) is 2.26. The molecule has 0 unspecified atom stereocenters. The van der Waals surface area contributed by atoms with Crippen LogP contribution in [0.25, 0.3) is 0 Å². The molecule has 0 aliphatic carbocycles. The maximum Gasteiger partial charge on any atom is 2.00 e. The Kier molecular flexibility index (Phi) is 14.1. The van der Waals surface area contributed by atoms with E-state index in [1.54, 1.807) is 0 Å². The maximum atomic E-state index is 11.1. The summed E-state index contributed by atoms with van der Waals surface area (Å²) in [7, 11) is 0. The van der Waals surface area contributed by atoms with E-state index in [0.29, 0.717) is 24.3 Å². The molecule has 30 nitrogen and oxygen atoms in total. The quantitative estimate of drug-likeness (QED) is 0.0932. The van der Waals surface area contributed by atoms with Gasteiger partial charge >= 0.3 is 17.1 Å². The largest absolute Gasteiger partial charge is 2.00 e. The van der Waals surface area contributed by atoms with Gasteiger partial charge in [0.05, 0.1) is 65.3 Å². The Morgan fingerprint density at radius 2 is 0.756 bits per heavy atom. The van der Waals surface area contributed by atoms with E-state index in [9.17, 15) is 70.9 Å². The van der Waals surface area contributed by atoms with Gasteiger partial charge in [0.2, 0.25) is 0 Å². The van der Waals surface area contributed by atoms with Crippen LogP contribution < -0.4 is 21.9 Å². The third-order valence-electron chi connectivity index (χ3n) is 4.01. The Bertz CT molecular complexity index is 1490. The van der Waals surface area contributed by atoms with E-state index in [4.69, 9.17) is 11.7 Å². The second kappa shape index (κ2) is 16.8. The summed E-state index contributed by atoms with van der Waals surface area (Å²) in [6.45, 7) is 0. The summed E-state index contributed by atoms with van der Waals surface area (Å²) >= 11 is 0. The molecule has 4 rings (SSSR count). The minimum absolute atomic E-state index is 0. The van der Waals surface area contributed by atoms with Crippen molar-refractivity contribution in [2.75, 3.05) is 11.7 Å². The Balaban J connectivity index is 0.000000621. The van der Waals surface area contributed by atoms with Gasteiger partial charge in [0.25, 0.3) is 34.1 Å². The SMILES string of the molecule is Nn1cnnn1.Nn1cnnn1.O=[N+]([O-])c1cc([N+](=O)[O-])c([O-])c([N+](=O)[O-])c1.O=[N+]([O-])c1cc([N+](=O)[O-])c([O-])c([N+](=O)[O-])c1.[Cu+2]. The first-order valence-corrected chi connectivity index (χ1v) is 10.00. The fraction of sp³-hybridized carbons (Fsp3) is 0. The number of nitrogens with two attached hydrogens (primary N) is 2. The molecule has 0 amide bonds. The van der Waals surface area contributed by atoms with Crippen LogP contribution in [0.4, 0.5) is 34.1 Å². The zero-order valence-electron chi connectivity index (χ0n) is 20.9. The number of nitro groups is 6. The molecule has 0 fully saturated rings. The Labute approximate surface area is 252 Å². The molecule has 2 aromatic carbocycles. The van der Waals surface area contributed by atoms with E-state index < -0.39 is 75.2 Å². The standard InChI is InChI=1S/2C6H3N3O7.2CH3N5.Cu/c2*10-6-4(8(13)14)1-3(7(11)12)2-5(6)9(15)16;2*2-6-1-3-4-5-6;/h2*1-2,10H;2*1H,2H2;/q;;;;+2/p-2. The third kappa shape index (κ3) is 11.2. The van der Waals surface area contributed by atoms with Crippen molar-refractivity contribution < 1.29 is 56.8 Å². The molecule has 4 aromatic rings. The van der Waals surface area contributed by atoms with Gasteiger partial charge in [0, 0.05) is 0 Å². The van der Waals surface area contributed by atoms with Crippen LogP contribution in [0.2, 0.25) is 0 Å². The molecular weight excluding hydrogens is 680 g/mol. The van der Waals surface area contributed by atoms with E-state index >= 15 is 0 Å². The minimum atomic E-state index is -1.46. The molecule has 241 valence electrons. The molecule has 4 N–H and O–H groups in total. The Morgan fingerprint density at radius 3 is 0.867 bits per heavy atom. The van der Waals surface area contributed by atoms with Crippen LogP contribution in [0.1, 0.15) is 0 Å². The van der Waals surface area contributed by atoms with Crippen LogP contribution in [-0.2, 0) is 17.1 Å². The normalized spacial score (nSPS) is 9.24. The van der Waals surface area contributed by atoms with E-state index in [1.807, 2.05) is 0 Å². The van der Waals surface area contributed by atoms with Crippen molar-refractivity contribution in [2.45, 2.75) is 0 Å². The van der Waals surface area contributed by atoms with E-state index in [1.165, 1.54) is 12.7 Å². The number of nitro benzene ring substituents is 6. The van der Waals surface area contributed by atoms with Gasteiger partial charge in [0.15, 0.2) is 12.7 Å². The number of hydrogen-bond acceptors (Lipinski definition) is 22. The van der Waals surface area contributed by atoms with Gasteiger partial charge in [-0.15, -0.1) is 19.8 Å². The van der Waals surface area contributed by atoms with Crippen molar-refractivity contribution in [1.29, 1.82) is 0 Å². The summed E-state index contributed by atoms with van der Waals surface area (Å²) in [5.41, 5.74) is -6.53. The number of hydrogen-bond donors (Lipinski definition) is 2. The molecule has 2 heterocycles. The molecule has 0 saturated carbocycles. The first kappa shape index (κ1) is 37.7. The zero-order chi connectivity index (χ0) is 33.7. The second-order valence-corrected chi connectivity index (χ2v) is 6.75. The molecule has 0 aliphatic rings. The van der Waals surface area contributed by atoms with E-state index in [-0.39, 0.29) is 17.1 Å². The Morgan fingerprint density at radius 1 is 0.511 bits per heavy atom. The van der Waals surface area contributed by atoms with E-state index in [0.717, 1.165) is 9.58 Å². The summed E-state index contributed by atoms with van der Waals surface area (Å²) in [5.74, 6) is 7.00. The van der Waals surface area contributed by atoms with Crippen molar-refractivity contribution in [3.05, 3.63) is 97.6 Å². The summed E-state index contributed by atoms with van der Waals surface area (Å²) < 4.78 is 0. The van der Waals surface area contributed by atoms with Crippen molar-refractivity contribution in [3.8, 4) is 11.5 Å². The fourth-order valence-electron chi connectivity index (χ4n) is 2.26. The number of benzene rings is 2. The van der Waals surface area contributed by atoms with Gasteiger partial charge in [0.1, 0.15) is 0 Å². The predicted molar refractivity (Wildman–Crippen MR) is 128 cm³/mol. The number of nitrogen functional groups attached to an aromatic ring is 2. The second-order valence-electron chi connectivity index (χ2n) is 6.75. The van der Waals surface area contributed by atoms with Gasteiger partial charge in [-0.2, -0.15) is 0 Å². The molecular formula is C14H10CuN16O14. The number of nitrogens with zero attached hydrogens (tertiary/aromatic N) is 14. The number of non-ortho nitro benzene ring substituents is 2. The van der Waals surface area contributed by atoms with Crippen LogP contribution in [-0.4, -0.2) is 70.2 Å². The monoisotopic (exact) mass is 689 g/mol. The van der Waals surface area contributed by atoms with Crippen LogP contribution in [0.3, 0.4) is 0 Å². The van der Waals surface area contributed by atoms with Crippen molar-refractivity contribution >= 4 is 34.1 Å². The van der Waals surface area contributed by atoms with Gasteiger partial charge in [-0.05, 0) is 20.9 Å². The van der Waals surface area contributed by atoms with Crippen molar-refractivity contribution in [3.63, 3.8) is 0 Å². The number of tetrazole rings is 2. The van der Waals surface area contributed by atoms with Crippen LogP contribution in [0.15, 0.2) is 36.9 Å². The van der Waals surface area contributed by atoms with Crippen molar-refractivity contribution in [1.82, 2.24) is 40.6 Å². The maximum absolute atomic E-state index is 11.1. The molecule has 0 spiro atoms. The predicted octanol–water partition coefficient (Wildman–Crippen LogP) is -2.26. The van der Waals surface area contributed by atoms with Gasteiger partial charge in [-0.1, -0.05) is 0 Å². The summed E-state index contributed by atoms with van der Waals surface area (Å²) in [6, 6.07) is 1.54. The summed E-state index contributed by atoms with van der Waals surface area (Å²) in [6.07, 6.45) is 2.61. The summed E-state index contributed by atoms with van der Waals surface area (Å²) in [5, 5.41) is 104.